The summed E-state index contributed by atoms with van der Waals surface area (Å²) in [7, 11) is 0. The van der Waals surface area contributed by atoms with Crippen LogP contribution in [0, 0.1) is 0 Å². The van der Waals surface area contributed by atoms with Gasteiger partial charge < -0.3 is 10.8 Å². The van der Waals surface area contributed by atoms with Gasteiger partial charge in [-0.05, 0) is 24.6 Å². The number of aliphatic hydroxyl groups excluding tert-OH is 1. The molecule has 96 valence electrons. The predicted molar refractivity (Wildman–Crippen MR) is 62.9 cm³/mol. The number of alkyl halides is 3. The molecule has 2 nitrogen and oxygen atoms in total. The molecule has 0 spiro atoms. The lowest BCUT2D eigenvalue weighted by Crippen LogP contribution is -2.09. The van der Waals surface area contributed by atoms with Crippen molar-refractivity contribution >= 4 is 17.4 Å². The topological polar surface area (TPSA) is 46.2 Å². The summed E-state index contributed by atoms with van der Waals surface area (Å²) in [6, 6.07) is 3.76. The Morgan fingerprint density at radius 3 is 2.59 bits per heavy atom. The van der Waals surface area contributed by atoms with Crippen LogP contribution < -0.4 is 5.73 Å². The van der Waals surface area contributed by atoms with Gasteiger partial charge in [0.2, 0.25) is 0 Å². The largest absolute Gasteiger partial charge is 0.417 e. The molecule has 0 aromatic heterocycles. The molecule has 17 heavy (non-hydrogen) atoms. The summed E-state index contributed by atoms with van der Waals surface area (Å²) in [5.41, 5.74) is 4.74. The van der Waals surface area contributed by atoms with Crippen molar-refractivity contribution in [3.63, 3.8) is 0 Å². The van der Waals surface area contributed by atoms with Gasteiger partial charge in [0, 0.05) is 22.4 Å². The summed E-state index contributed by atoms with van der Waals surface area (Å²) in [6.45, 7) is 1.74. The third-order valence-electron chi connectivity index (χ3n) is 2.17. The Morgan fingerprint density at radius 2 is 2.06 bits per heavy atom. The molecule has 1 atom stereocenters. The summed E-state index contributed by atoms with van der Waals surface area (Å²) < 4.78 is 38.2. The lowest BCUT2D eigenvalue weighted by molar-refractivity contribution is -0.139. The van der Waals surface area contributed by atoms with Crippen LogP contribution in [-0.2, 0) is 6.18 Å². The first-order valence-corrected chi connectivity index (χ1v) is 5.96. The molecule has 0 aliphatic heterocycles. The van der Waals surface area contributed by atoms with Gasteiger partial charge in [-0.1, -0.05) is 6.92 Å². The molecule has 1 aromatic rings. The standard InChI is InChI=1S/C11H14F3NOS/c1-7(4-5-16)17-10-3-2-8(15)6-9(10)11(12,13)14/h2-3,6-7,16H,4-5,15H2,1H3. The minimum Gasteiger partial charge on any atom is -0.399 e. The maximum absolute atomic E-state index is 12.7. The number of benzene rings is 1. The van der Waals surface area contributed by atoms with Gasteiger partial charge in [0.1, 0.15) is 0 Å². The molecule has 6 heteroatoms. The molecule has 0 heterocycles. The molecular weight excluding hydrogens is 251 g/mol. The third-order valence-corrected chi connectivity index (χ3v) is 3.42. The van der Waals surface area contributed by atoms with E-state index < -0.39 is 11.7 Å². The van der Waals surface area contributed by atoms with Crippen molar-refractivity contribution in [2.75, 3.05) is 12.3 Å². The summed E-state index contributed by atoms with van der Waals surface area (Å²) in [4.78, 5) is 0.146. The van der Waals surface area contributed by atoms with E-state index in [1.807, 2.05) is 0 Å². The molecule has 3 N–H and O–H groups in total. The maximum Gasteiger partial charge on any atom is 0.417 e. The average molecular weight is 265 g/mol. The number of thioether (sulfide) groups is 1. The van der Waals surface area contributed by atoms with Crippen LogP contribution in [0.5, 0.6) is 0 Å². The number of anilines is 1. The van der Waals surface area contributed by atoms with Crippen LogP contribution in [0.4, 0.5) is 18.9 Å². The third kappa shape index (κ3) is 4.12. The van der Waals surface area contributed by atoms with Gasteiger partial charge in [-0.15, -0.1) is 11.8 Å². The van der Waals surface area contributed by atoms with Crippen molar-refractivity contribution in [2.45, 2.75) is 29.7 Å². The predicted octanol–water partition coefficient (Wildman–Crippen LogP) is 3.15. The highest BCUT2D eigenvalue weighted by Crippen LogP contribution is 2.39. The number of nitrogens with two attached hydrogens (primary N) is 1. The van der Waals surface area contributed by atoms with E-state index in [2.05, 4.69) is 0 Å². The minimum atomic E-state index is -4.41. The summed E-state index contributed by atoms with van der Waals surface area (Å²) in [5, 5.41) is 8.65. The van der Waals surface area contributed by atoms with E-state index in [0.717, 1.165) is 17.8 Å². The Kier molecular flexibility index (Phi) is 4.70. The Bertz CT molecular complexity index is 381. The van der Waals surface area contributed by atoms with Gasteiger partial charge in [0.05, 0.1) is 5.56 Å². The first-order chi connectivity index (χ1) is 7.84. The van der Waals surface area contributed by atoms with Gasteiger partial charge in [-0.25, -0.2) is 0 Å². The second-order valence-corrected chi connectivity index (χ2v) is 5.17. The van der Waals surface area contributed by atoms with Gasteiger partial charge in [0.25, 0.3) is 0 Å². The molecule has 0 amide bonds. The number of nitrogen functional groups attached to an aromatic ring is 1. The van der Waals surface area contributed by atoms with Gasteiger partial charge in [-0.3, -0.25) is 0 Å². The first kappa shape index (κ1) is 14.2. The van der Waals surface area contributed by atoms with Gasteiger partial charge in [-0.2, -0.15) is 13.2 Å². The number of aliphatic hydroxyl groups is 1. The molecule has 0 aliphatic carbocycles. The second-order valence-electron chi connectivity index (χ2n) is 3.69. The zero-order chi connectivity index (χ0) is 13.1. The molecule has 0 radical (unpaired) electrons. The first-order valence-electron chi connectivity index (χ1n) is 5.09. The SMILES string of the molecule is CC(CCO)Sc1ccc(N)cc1C(F)(F)F. The molecule has 0 bridgehead atoms. The van der Waals surface area contributed by atoms with Crippen LogP contribution in [0.2, 0.25) is 0 Å². The van der Waals surface area contributed by atoms with E-state index in [4.69, 9.17) is 10.8 Å². The fourth-order valence-corrected chi connectivity index (χ4v) is 2.43. The van der Waals surface area contributed by atoms with E-state index in [9.17, 15) is 13.2 Å². The smallest absolute Gasteiger partial charge is 0.399 e. The average Bonchev–Trinajstić information content (AvgIpc) is 2.19. The van der Waals surface area contributed by atoms with Crippen molar-refractivity contribution in [1.29, 1.82) is 0 Å². The molecule has 0 saturated carbocycles. The molecule has 1 unspecified atom stereocenters. The van der Waals surface area contributed by atoms with Crippen LogP contribution in [0.3, 0.4) is 0 Å². The Balaban J connectivity index is 2.99. The van der Waals surface area contributed by atoms with Crippen molar-refractivity contribution in [3.8, 4) is 0 Å². The highest BCUT2D eigenvalue weighted by atomic mass is 32.2. The maximum atomic E-state index is 12.7. The van der Waals surface area contributed by atoms with Crippen molar-refractivity contribution in [3.05, 3.63) is 23.8 Å². The van der Waals surface area contributed by atoms with E-state index in [1.165, 1.54) is 12.1 Å². The fourth-order valence-electron chi connectivity index (χ4n) is 1.33. The van der Waals surface area contributed by atoms with Gasteiger partial charge in [0.15, 0.2) is 0 Å². The lowest BCUT2D eigenvalue weighted by atomic mass is 10.2. The summed E-state index contributed by atoms with van der Waals surface area (Å²) >= 11 is 1.09. The Morgan fingerprint density at radius 1 is 1.41 bits per heavy atom. The molecular formula is C11H14F3NOS. The van der Waals surface area contributed by atoms with E-state index >= 15 is 0 Å². The Labute approximate surface area is 102 Å². The fraction of sp³-hybridized carbons (Fsp3) is 0.455. The van der Waals surface area contributed by atoms with Crippen LogP contribution in [0.1, 0.15) is 18.9 Å². The summed E-state index contributed by atoms with van der Waals surface area (Å²) in [6.07, 6.45) is -3.96. The molecule has 1 rings (SSSR count). The zero-order valence-corrected chi connectivity index (χ0v) is 10.1. The zero-order valence-electron chi connectivity index (χ0n) is 9.29. The monoisotopic (exact) mass is 265 g/mol. The van der Waals surface area contributed by atoms with Crippen LogP contribution >= 0.6 is 11.8 Å². The van der Waals surface area contributed by atoms with E-state index in [-0.39, 0.29) is 22.4 Å². The van der Waals surface area contributed by atoms with Crippen molar-refractivity contribution < 1.29 is 18.3 Å². The molecule has 0 aliphatic rings. The van der Waals surface area contributed by atoms with Crippen LogP contribution in [0.15, 0.2) is 23.1 Å². The number of rotatable bonds is 4. The van der Waals surface area contributed by atoms with Crippen LogP contribution in [0.25, 0.3) is 0 Å². The van der Waals surface area contributed by atoms with Gasteiger partial charge >= 0.3 is 6.18 Å². The number of hydrogen-bond donors (Lipinski definition) is 2. The summed E-state index contributed by atoms with van der Waals surface area (Å²) in [5.74, 6) is 0. The van der Waals surface area contributed by atoms with Crippen LogP contribution in [-0.4, -0.2) is 17.0 Å². The van der Waals surface area contributed by atoms with E-state index in [1.54, 1.807) is 6.92 Å². The number of hydrogen-bond acceptors (Lipinski definition) is 3. The highest BCUT2D eigenvalue weighted by molar-refractivity contribution is 8.00. The lowest BCUT2D eigenvalue weighted by Gasteiger charge is -2.16. The normalized spacial score (nSPS) is 13.7. The van der Waals surface area contributed by atoms with Crippen molar-refractivity contribution in [2.24, 2.45) is 0 Å². The Hall–Kier alpha value is -0.880. The molecule has 0 saturated heterocycles. The number of halogens is 3. The van der Waals surface area contributed by atoms with Crippen molar-refractivity contribution in [1.82, 2.24) is 0 Å². The minimum absolute atomic E-state index is 0.0372. The quantitative estimate of drug-likeness (QED) is 0.649. The highest BCUT2D eigenvalue weighted by Gasteiger charge is 2.34. The second kappa shape index (κ2) is 5.64. The van der Waals surface area contributed by atoms with E-state index in [0.29, 0.717) is 6.42 Å². The molecule has 1 aromatic carbocycles. The molecule has 0 fully saturated rings.